The minimum Gasteiger partial charge on any atom is -0.493 e. The topological polar surface area (TPSA) is 98.5 Å². The molecule has 0 spiro atoms. The van der Waals surface area contributed by atoms with Crippen molar-refractivity contribution in [3.63, 3.8) is 0 Å². The maximum atomic E-state index is 12.2. The Morgan fingerprint density at radius 3 is 2.77 bits per heavy atom. The van der Waals surface area contributed by atoms with Gasteiger partial charge < -0.3 is 14.2 Å². The molecule has 7 nitrogen and oxygen atoms in total. The van der Waals surface area contributed by atoms with E-state index in [1.165, 1.54) is 30.6 Å². The molecule has 2 aromatic rings. The normalized spacial score (nSPS) is 11.7. The molecule has 0 unspecified atom stereocenters. The molecule has 158 valence electrons. The fourth-order valence-corrected chi connectivity index (χ4v) is 3.52. The summed E-state index contributed by atoms with van der Waals surface area (Å²) < 4.78 is 15.8. The Balaban J connectivity index is 1.99. The highest BCUT2D eigenvalue weighted by molar-refractivity contribution is 7.09. The largest absolute Gasteiger partial charge is 0.493 e. The van der Waals surface area contributed by atoms with Gasteiger partial charge in [-0.3, -0.25) is 4.79 Å². The molecular formula is C21H21ClN2O5S. The SMILES string of the molecule is CCCOc1c(Cl)cc(/C=C/C(=O)OCC(=O)[C@H](C#N)c2nc(C)cs2)cc1OC. The van der Waals surface area contributed by atoms with E-state index in [2.05, 4.69) is 4.98 Å². The van der Waals surface area contributed by atoms with Gasteiger partial charge in [0.15, 0.2) is 29.8 Å². The smallest absolute Gasteiger partial charge is 0.331 e. The van der Waals surface area contributed by atoms with Crippen LogP contribution >= 0.6 is 22.9 Å². The van der Waals surface area contributed by atoms with Gasteiger partial charge in [0.1, 0.15) is 5.01 Å². The van der Waals surface area contributed by atoms with Crippen molar-refractivity contribution in [1.82, 2.24) is 4.98 Å². The average molecular weight is 449 g/mol. The molecular weight excluding hydrogens is 428 g/mol. The molecule has 0 radical (unpaired) electrons. The molecule has 1 heterocycles. The molecule has 0 N–H and O–H groups in total. The number of nitriles is 1. The van der Waals surface area contributed by atoms with E-state index in [0.29, 0.717) is 33.7 Å². The van der Waals surface area contributed by atoms with E-state index in [-0.39, 0.29) is 0 Å². The fraction of sp³-hybridized carbons (Fsp3) is 0.333. The highest BCUT2D eigenvalue weighted by atomic mass is 35.5. The monoisotopic (exact) mass is 448 g/mol. The fourth-order valence-electron chi connectivity index (χ4n) is 2.39. The van der Waals surface area contributed by atoms with Crippen LogP contribution in [0.4, 0.5) is 0 Å². The van der Waals surface area contributed by atoms with E-state index in [1.54, 1.807) is 24.4 Å². The Hall–Kier alpha value is -2.89. The molecule has 2 rings (SSSR count). The summed E-state index contributed by atoms with van der Waals surface area (Å²) in [5, 5.41) is 11.7. The minimum absolute atomic E-state index is 0.349. The minimum atomic E-state index is -1.06. The number of hydrogen-bond acceptors (Lipinski definition) is 8. The predicted octanol–water partition coefficient (Wildman–Crippen LogP) is 4.34. The van der Waals surface area contributed by atoms with Gasteiger partial charge in [0.2, 0.25) is 0 Å². The number of Topliss-reactive ketones (excluding diaryl/α,β-unsaturated/α-hetero) is 1. The zero-order valence-electron chi connectivity index (χ0n) is 16.8. The van der Waals surface area contributed by atoms with Crippen molar-refractivity contribution >= 4 is 40.8 Å². The molecule has 0 amide bonds. The van der Waals surface area contributed by atoms with Gasteiger partial charge in [-0.25, -0.2) is 9.78 Å². The molecule has 1 aromatic carbocycles. The van der Waals surface area contributed by atoms with Crippen molar-refractivity contribution in [1.29, 1.82) is 5.26 Å². The number of aromatic nitrogens is 1. The van der Waals surface area contributed by atoms with Crippen LogP contribution in [0.1, 0.15) is 35.5 Å². The van der Waals surface area contributed by atoms with Crippen LogP contribution in [0, 0.1) is 18.3 Å². The number of methoxy groups -OCH3 is 1. The van der Waals surface area contributed by atoms with E-state index in [9.17, 15) is 14.9 Å². The molecule has 0 fully saturated rings. The molecule has 1 aromatic heterocycles. The number of aryl methyl sites for hydroxylation is 1. The number of halogens is 1. The highest BCUT2D eigenvalue weighted by Crippen LogP contribution is 2.36. The van der Waals surface area contributed by atoms with Gasteiger partial charge in [0, 0.05) is 17.2 Å². The first-order chi connectivity index (χ1) is 14.4. The second-order valence-corrected chi connectivity index (χ2v) is 7.48. The lowest BCUT2D eigenvalue weighted by Crippen LogP contribution is -2.19. The summed E-state index contributed by atoms with van der Waals surface area (Å²) in [6.45, 7) is 3.72. The lowest BCUT2D eigenvalue weighted by Gasteiger charge is -2.12. The van der Waals surface area contributed by atoms with Gasteiger partial charge in [-0.2, -0.15) is 5.26 Å². The van der Waals surface area contributed by atoms with E-state index in [1.807, 2.05) is 13.0 Å². The number of rotatable bonds is 10. The second-order valence-electron chi connectivity index (χ2n) is 6.18. The van der Waals surface area contributed by atoms with Gasteiger partial charge in [0.05, 0.1) is 24.8 Å². The van der Waals surface area contributed by atoms with Crippen molar-refractivity contribution < 1.29 is 23.8 Å². The quantitative estimate of drug-likeness (QED) is 0.394. The van der Waals surface area contributed by atoms with Gasteiger partial charge in [-0.1, -0.05) is 18.5 Å². The van der Waals surface area contributed by atoms with Crippen LogP contribution < -0.4 is 9.47 Å². The summed E-state index contributed by atoms with van der Waals surface area (Å²) in [4.78, 5) is 28.3. The van der Waals surface area contributed by atoms with Crippen molar-refractivity contribution in [2.24, 2.45) is 0 Å². The van der Waals surface area contributed by atoms with Crippen LogP contribution in [0.5, 0.6) is 11.5 Å². The molecule has 0 aliphatic rings. The number of esters is 1. The number of carbonyl (C=O) groups excluding carboxylic acids is 2. The molecule has 0 aliphatic heterocycles. The summed E-state index contributed by atoms with van der Waals surface area (Å²) in [6.07, 6.45) is 3.47. The first kappa shape index (κ1) is 23.4. The number of thiazole rings is 1. The van der Waals surface area contributed by atoms with Crippen molar-refractivity contribution in [3.8, 4) is 17.6 Å². The maximum absolute atomic E-state index is 12.2. The number of ether oxygens (including phenoxy) is 3. The van der Waals surface area contributed by atoms with Gasteiger partial charge in [-0.05, 0) is 37.1 Å². The third-order valence-corrected chi connectivity index (χ3v) is 5.11. The molecule has 30 heavy (non-hydrogen) atoms. The summed E-state index contributed by atoms with van der Waals surface area (Å²) >= 11 is 7.46. The first-order valence-corrected chi connectivity index (χ1v) is 10.3. The average Bonchev–Trinajstić information content (AvgIpc) is 3.15. The van der Waals surface area contributed by atoms with Crippen LogP contribution in [0.25, 0.3) is 6.08 Å². The van der Waals surface area contributed by atoms with Crippen molar-refractivity contribution in [3.05, 3.63) is 44.9 Å². The third-order valence-electron chi connectivity index (χ3n) is 3.81. The third kappa shape index (κ3) is 6.31. The molecule has 0 saturated heterocycles. The van der Waals surface area contributed by atoms with Gasteiger partial charge >= 0.3 is 5.97 Å². The van der Waals surface area contributed by atoms with Crippen LogP contribution in [0.3, 0.4) is 0 Å². The lowest BCUT2D eigenvalue weighted by molar-refractivity contribution is -0.143. The standard InChI is InChI=1S/C21H21ClN2O5S/c1-4-7-28-20-16(22)8-14(9-18(20)27-3)5-6-19(26)29-11-17(25)15(10-23)21-24-13(2)12-30-21/h5-6,8-9,12,15H,4,7,11H2,1-3H3/b6-5+/t15-/m0/s1. The lowest BCUT2D eigenvalue weighted by atomic mass is 10.1. The predicted molar refractivity (Wildman–Crippen MR) is 114 cm³/mol. The maximum Gasteiger partial charge on any atom is 0.331 e. The Kier molecular flexibility index (Phi) is 8.84. The van der Waals surface area contributed by atoms with E-state index >= 15 is 0 Å². The highest BCUT2D eigenvalue weighted by Gasteiger charge is 2.24. The van der Waals surface area contributed by atoms with E-state index in [0.717, 1.165) is 12.1 Å². The number of benzene rings is 1. The number of hydrogen-bond donors (Lipinski definition) is 0. The molecule has 1 atom stereocenters. The van der Waals surface area contributed by atoms with Crippen LogP contribution in [-0.4, -0.2) is 37.1 Å². The van der Waals surface area contributed by atoms with Crippen molar-refractivity contribution in [2.75, 3.05) is 20.3 Å². The Morgan fingerprint density at radius 2 is 2.17 bits per heavy atom. The van der Waals surface area contributed by atoms with Crippen LogP contribution in [-0.2, 0) is 14.3 Å². The summed E-state index contributed by atoms with van der Waals surface area (Å²) in [5.74, 6) is -1.44. The number of ketones is 1. The molecule has 9 heteroatoms. The summed E-state index contributed by atoms with van der Waals surface area (Å²) in [5.41, 5.74) is 1.32. The van der Waals surface area contributed by atoms with Gasteiger partial charge in [-0.15, -0.1) is 11.3 Å². The number of nitrogens with zero attached hydrogens (tertiary/aromatic N) is 2. The Morgan fingerprint density at radius 1 is 1.40 bits per heavy atom. The zero-order chi connectivity index (χ0) is 22.1. The summed E-state index contributed by atoms with van der Waals surface area (Å²) in [6, 6.07) is 5.19. The summed E-state index contributed by atoms with van der Waals surface area (Å²) in [7, 11) is 1.49. The second kappa shape index (κ2) is 11.3. The first-order valence-electron chi connectivity index (χ1n) is 9.09. The number of carbonyl (C=O) groups is 2. The van der Waals surface area contributed by atoms with Crippen LogP contribution in [0.15, 0.2) is 23.6 Å². The van der Waals surface area contributed by atoms with E-state index < -0.39 is 24.3 Å². The van der Waals surface area contributed by atoms with Crippen LogP contribution in [0.2, 0.25) is 5.02 Å². The zero-order valence-corrected chi connectivity index (χ0v) is 18.4. The van der Waals surface area contributed by atoms with Gasteiger partial charge in [0.25, 0.3) is 0 Å². The Labute approximate surface area is 183 Å². The molecule has 0 saturated carbocycles. The Bertz CT molecular complexity index is 980. The van der Waals surface area contributed by atoms with E-state index in [4.69, 9.17) is 25.8 Å². The molecule has 0 bridgehead atoms. The molecule has 0 aliphatic carbocycles. The van der Waals surface area contributed by atoms with Crippen molar-refractivity contribution in [2.45, 2.75) is 26.2 Å².